The predicted molar refractivity (Wildman–Crippen MR) is 199 cm³/mol. The largest absolute Gasteiger partial charge is 0.478 e. The van der Waals surface area contributed by atoms with Gasteiger partial charge < -0.3 is 10.0 Å². The maximum atomic E-state index is 11.7. The summed E-state index contributed by atoms with van der Waals surface area (Å²) in [6.45, 7) is 9.28. The Morgan fingerprint density at radius 3 is 1.42 bits per heavy atom. The molecule has 6 aromatic rings. The van der Waals surface area contributed by atoms with Crippen molar-refractivity contribution in [2.24, 2.45) is 0 Å². The molecule has 238 valence electrons. The van der Waals surface area contributed by atoms with E-state index in [4.69, 9.17) is 0 Å². The molecule has 0 aliphatic heterocycles. The number of fused-ring (bicyclic) bond motifs is 7. The van der Waals surface area contributed by atoms with Crippen molar-refractivity contribution in [1.82, 2.24) is 0 Å². The van der Waals surface area contributed by atoms with Crippen molar-refractivity contribution in [1.29, 1.82) is 0 Å². The molecule has 2 aliphatic carbocycles. The highest BCUT2D eigenvalue weighted by molar-refractivity contribution is 5.97. The number of carboxylic acid groups (broad SMARTS) is 1. The lowest BCUT2D eigenvalue weighted by atomic mass is 9.73. The van der Waals surface area contributed by atoms with Crippen LogP contribution >= 0.6 is 0 Å². The third-order valence-electron chi connectivity index (χ3n) is 11.8. The normalized spacial score (nSPS) is 14.7. The van der Waals surface area contributed by atoms with Gasteiger partial charge in [-0.1, -0.05) is 100 Å². The molecule has 0 spiro atoms. The van der Waals surface area contributed by atoms with Crippen LogP contribution in [0.2, 0.25) is 0 Å². The first-order chi connectivity index (χ1) is 23.4. The quantitative estimate of drug-likeness (QED) is 0.182. The summed E-state index contributed by atoms with van der Waals surface area (Å²) in [5.41, 5.74) is 14.5. The summed E-state index contributed by atoms with van der Waals surface area (Å²) in [6, 6.07) is 43.8. The third kappa shape index (κ3) is 4.16. The maximum Gasteiger partial charge on any atom is 0.335 e. The molecule has 0 radical (unpaired) electrons. The maximum absolute atomic E-state index is 11.7. The highest BCUT2D eigenvalue weighted by Gasteiger charge is 2.42. The Morgan fingerprint density at radius 1 is 0.500 bits per heavy atom. The van der Waals surface area contributed by atoms with E-state index in [1.165, 1.54) is 44.5 Å². The first-order valence-corrected chi connectivity index (χ1v) is 17.4. The van der Waals surface area contributed by atoms with Crippen molar-refractivity contribution in [3.05, 3.63) is 149 Å². The molecule has 0 aromatic heterocycles. The Hall–Kier alpha value is -5.15. The van der Waals surface area contributed by atoms with Gasteiger partial charge in [-0.15, -0.1) is 0 Å². The summed E-state index contributed by atoms with van der Waals surface area (Å²) in [7, 11) is 0. The third-order valence-corrected chi connectivity index (χ3v) is 11.8. The number of carboxylic acids is 1. The molecular weight excluding hydrogens is 587 g/mol. The van der Waals surface area contributed by atoms with Gasteiger partial charge in [0.05, 0.1) is 5.56 Å². The average Bonchev–Trinajstić information content (AvgIpc) is 3.58. The molecule has 0 saturated carbocycles. The highest BCUT2D eigenvalue weighted by atomic mass is 16.4. The summed E-state index contributed by atoms with van der Waals surface area (Å²) in [5.74, 6) is -0.911. The summed E-state index contributed by atoms with van der Waals surface area (Å²) >= 11 is 0. The Kier molecular flexibility index (Phi) is 7.07. The van der Waals surface area contributed by atoms with Crippen LogP contribution in [0.5, 0.6) is 0 Å². The van der Waals surface area contributed by atoms with Crippen LogP contribution < -0.4 is 4.90 Å². The Bertz CT molecular complexity index is 2130. The van der Waals surface area contributed by atoms with Gasteiger partial charge in [-0.3, -0.25) is 0 Å². The van der Waals surface area contributed by atoms with Gasteiger partial charge in [0.15, 0.2) is 0 Å². The second-order valence-corrected chi connectivity index (χ2v) is 13.5. The second kappa shape index (κ2) is 11.2. The minimum Gasteiger partial charge on any atom is -0.478 e. The van der Waals surface area contributed by atoms with Crippen LogP contribution in [-0.2, 0) is 10.8 Å². The zero-order valence-electron chi connectivity index (χ0n) is 28.2. The van der Waals surface area contributed by atoms with Crippen LogP contribution in [0.4, 0.5) is 17.1 Å². The number of hydrogen-bond donors (Lipinski definition) is 1. The number of nitrogens with zero attached hydrogens (tertiary/aromatic N) is 1. The fourth-order valence-electron chi connectivity index (χ4n) is 9.14. The molecule has 0 amide bonds. The molecule has 8 rings (SSSR count). The zero-order valence-corrected chi connectivity index (χ0v) is 28.2. The van der Waals surface area contributed by atoms with Crippen molar-refractivity contribution in [2.45, 2.75) is 64.2 Å². The van der Waals surface area contributed by atoms with Gasteiger partial charge in [0.25, 0.3) is 0 Å². The number of anilines is 3. The van der Waals surface area contributed by atoms with E-state index in [1.54, 1.807) is 12.1 Å². The van der Waals surface area contributed by atoms with Crippen molar-refractivity contribution in [3.8, 4) is 22.3 Å². The molecule has 0 fully saturated rings. The molecule has 2 aliphatic rings. The van der Waals surface area contributed by atoms with Gasteiger partial charge in [-0.2, -0.15) is 0 Å². The summed E-state index contributed by atoms with van der Waals surface area (Å²) in [4.78, 5) is 14.1. The fraction of sp³-hybridized carbons (Fsp3) is 0.222. The van der Waals surface area contributed by atoms with E-state index >= 15 is 0 Å². The number of carbonyl (C=O) groups is 1. The molecule has 0 unspecified atom stereocenters. The van der Waals surface area contributed by atoms with Crippen molar-refractivity contribution >= 4 is 33.8 Å². The summed E-state index contributed by atoms with van der Waals surface area (Å²) < 4.78 is 0. The number of aromatic carboxylic acids is 1. The minimum atomic E-state index is -0.911. The lowest BCUT2D eigenvalue weighted by molar-refractivity contribution is 0.0697. The molecule has 0 saturated heterocycles. The van der Waals surface area contributed by atoms with Crippen molar-refractivity contribution < 1.29 is 9.90 Å². The fourth-order valence-corrected chi connectivity index (χ4v) is 9.14. The molecule has 0 heterocycles. The molecule has 3 nitrogen and oxygen atoms in total. The van der Waals surface area contributed by atoms with Gasteiger partial charge >= 0.3 is 5.97 Å². The molecule has 1 N–H and O–H groups in total. The van der Waals surface area contributed by atoms with E-state index < -0.39 is 5.97 Å². The molecule has 0 atom stereocenters. The van der Waals surface area contributed by atoms with E-state index in [0.29, 0.717) is 5.56 Å². The van der Waals surface area contributed by atoms with Gasteiger partial charge in [0, 0.05) is 27.9 Å². The van der Waals surface area contributed by atoms with Gasteiger partial charge in [-0.25, -0.2) is 4.79 Å². The van der Waals surface area contributed by atoms with Crippen LogP contribution in [0.3, 0.4) is 0 Å². The minimum absolute atomic E-state index is 0.0383. The number of hydrogen-bond acceptors (Lipinski definition) is 2. The predicted octanol–water partition coefficient (Wildman–Crippen LogP) is 12.2. The average molecular weight is 628 g/mol. The van der Waals surface area contributed by atoms with Gasteiger partial charge in [0.2, 0.25) is 0 Å². The first-order valence-electron chi connectivity index (χ1n) is 17.4. The van der Waals surface area contributed by atoms with E-state index in [9.17, 15) is 9.90 Å². The van der Waals surface area contributed by atoms with E-state index in [0.717, 1.165) is 53.5 Å². The first kappa shape index (κ1) is 30.2. The Morgan fingerprint density at radius 2 is 0.917 bits per heavy atom. The zero-order chi connectivity index (χ0) is 33.2. The molecule has 48 heavy (non-hydrogen) atoms. The van der Waals surface area contributed by atoms with Crippen molar-refractivity contribution in [2.75, 3.05) is 4.90 Å². The monoisotopic (exact) mass is 627 g/mol. The van der Waals surface area contributed by atoms with E-state index in [2.05, 4.69) is 136 Å². The van der Waals surface area contributed by atoms with Crippen LogP contribution in [0.15, 0.2) is 121 Å². The number of rotatable bonds is 8. The Balaban J connectivity index is 1.36. The van der Waals surface area contributed by atoms with Crippen LogP contribution in [-0.4, -0.2) is 11.1 Å². The summed E-state index contributed by atoms with van der Waals surface area (Å²) in [5, 5.41) is 11.6. The number of benzene rings is 6. The van der Waals surface area contributed by atoms with Crippen molar-refractivity contribution in [3.63, 3.8) is 0 Å². The molecular formula is C45H41NO2. The van der Waals surface area contributed by atoms with Crippen LogP contribution in [0.1, 0.15) is 86.0 Å². The SMILES string of the molecule is CCC1(CC)c2ccccc2-c2ccc(N(c3ccc4c(c3)C(CC)(CC)c3ccccc3-4)c3ccc4cc(C(=O)O)ccc4c3)cc21. The van der Waals surface area contributed by atoms with Gasteiger partial charge in [-0.05, 0) is 129 Å². The topological polar surface area (TPSA) is 40.5 Å². The molecule has 6 aromatic carbocycles. The highest BCUT2D eigenvalue weighted by Crippen LogP contribution is 2.56. The van der Waals surface area contributed by atoms with E-state index in [1.807, 2.05) is 6.07 Å². The van der Waals surface area contributed by atoms with E-state index in [-0.39, 0.29) is 10.8 Å². The molecule has 3 heteroatoms. The standard InChI is InChI=1S/C45H41NO2/c1-5-44(6-2)39-15-11-9-13-35(39)37-23-21-33(27-41(37)44)46(32-20-19-29-25-31(43(47)48)18-17-30(29)26-32)34-22-24-38-36-14-10-12-16-40(36)45(7-3,8-4)42(38)28-34/h9-28H,5-8H2,1-4H3,(H,47,48). The van der Waals surface area contributed by atoms with Gasteiger partial charge in [0.1, 0.15) is 0 Å². The Labute approximate surface area is 283 Å². The smallest absolute Gasteiger partial charge is 0.335 e. The van der Waals surface area contributed by atoms with Crippen LogP contribution in [0, 0.1) is 0 Å². The van der Waals surface area contributed by atoms with Crippen LogP contribution in [0.25, 0.3) is 33.0 Å². The lowest BCUT2D eigenvalue weighted by Crippen LogP contribution is -2.24. The summed E-state index contributed by atoms with van der Waals surface area (Å²) in [6.07, 6.45) is 4.13. The second-order valence-electron chi connectivity index (χ2n) is 13.5. The molecule has 0 bridgehead atoms. The lowest BCUT2D eigenvalue weighted by Gasteiger charge is -2.33.